The lowest BCUT2D eigenvalue weighted by Crippen LogP contribution is -2.14. The molecule has 18 heavy (non-hydrogen) atoms. The number of carbonyl (C=O) groups excluding carboxylic acids is 1. The quantitative estimate of drug-likeness (QED) is 0.777. The van der Waals surface area contributed by atoms with Crippen LogP contribution in [0.4, 0.5) is 0 Å². The highest BCUT2D eigenvalue weighted by molar-refractivity contribution is 7.99. The fraction of sp³-hybridized carbons (Fsp3) is 0.400. The SMILES string of the molecule is O=C(CC1CCSCC1)c1coc2ccccc12. The zero-order chi connectivity index (χ0) is 12.4. The standard InChI is InChI=1S/C15H16O2S/c16-14(9-11-5-7-18-8-6-11)13-10-17-15-4-2-1-3-12(13)15/h1-4,10-11H,5-9H2. The number of carbonyl (C=O) groups is 1. The summed E-state index contributed by atoms with van der Waals surface area (Å²) >= 11 is 2.00. The number of ketones is 1. The average Bonchev–Trinajstić information content (AvgIpc) is 2.84. The smallest absolute Gasteiger partial charge is 0.167 e. The van der Waals surface area contributed by atoms with E-state index in [0.29, 0.717) is 12.3 Å². The summed E-state index contributed by atoms with van der Waals surface area (Å²) in [6.45, 7) is 0. The number of benzene rings is 1. The molecule has 0 unspecified atom stereocenters. The van der Waals surface area contributed by atoms with E-state index in [-0.39, 0.29) is 5.78 Å². The number of fused-ring (bicyclic) bond motifs is 1. The van der Waals surface area contributed by atoms with Crippen molar-refractivity contribution in [3.63, 3.8) is 0 Å². The second kappa shape index (κ2) is 5.19. The van der Waals surface area contributed by atoms with Gasteiger partial charge >= 0.3 is 0 Å². The maximum atomic E-state index is 12.3. The van der Waals surface area contributed by atoms with Gasteiger partial charge in [0.05, 0.1) is 5.56 Å². The van der Waals surface area contributed by atoms with E-state index in [1.807, 2.05) is 36.0 Å². The molecule has 1 aliphatic rings. The molecule has 1 aliphatic heterocycles. The number of furan rings is 1. The van der Waals surface area contributed by atoms with Crippen molar-refractivity contribution >= 4 is 28.5 Å². The fourth-order valence-corrected chi connectivity index (χ4v) is 3.72. The summed E-state index contributed by atoms with van der Waals surface area (Å²) in [4.78, 5) is 12.3. The minimum absolute atomic E-state index is 0.233. The van der Waals surface area contributed by atoms with Crippen LogP contribution in [-0.4, -0.2) is 17.3 Å². The molecule has 0 amide bonds. The van der Waals surface area contributed by atoms with Gasteiger partial charge in [-0.05, 0) is 36.3 Å². The number of hydrogen-bond donors (Lipinski definition) is 0. The number of para-hydroxylation sites is 1. The van der Waals surface area contributed by atoms with Gasteiger partial charge in [0.2, 0.25) is 0 Å². The van der Waals surface area contributed by atoms with Crippen LogP contribution in [0.5, 0.6) is 0 Å². The van der Waals surface area contributed by atoms with E-state index in [4.69, 9.17) is 4.42 Å². The third kappa shape index (κ3) is 2.32. The molecule has 0 radical (unpaired) electrons. The largest absolute Gasteiger partial charge is 0.464 e. The molecule has 0 saturated carbocycles. The molecule has 2 aromatic rings. The number of thioether (sulfide) groups is 1. The van der Waals surface area contributed by atoms with Crippen molar-refractivity contribution in [3.8, 4) is 0 Å². The third-order valence-electron chi connectivity index (χ3n) is 3.60. The van der Waals surface area contributed by atoms with E-state index in [0.717, 1.165) is 16.5 Å². The van der Waals surface area contributed by atoms with E-state index >= 15 is 0 Å². The topological polar surface area (TPSA) is 30.2 Å². The molecule has 2 nitrogen and oxygen atoms in total. The molecule has 94 valence electrons. The Morgan fingerprint density at radius 1 is 1.28 bits per heavy atom. The van der Waals surface area contributed by atoms with Crippen molar-refractivity contribution in [3.05, 3.63) is 36.1 Å². The van der Waals surface area contributed by atoms with Crippen LogP contribution >= 0.6 is 11.8 Å². The molecule has 3 heteroatoms. The van der Waals surface area contributed by atoms with Crippen LogP contribution in [0.2, 0.25) is 0 Å². The van der Waals surface area contributed by atoms with Crippen LogP contribution in [0, 0.1) is 5.92 Å². The summed E-state index contributed by atoms with van der Waals surface area (Å²) in [6, 6.07) is 7.75. The molecule has 0 spiro atoms. The van der Waals surface area contributed by atoms with Crippen molar-refractivity contribution in [2.24, 2.45) is 5.92 Å². The highest BCUT2D eigenvalue weighted by atomic mass is 32.2. The molecule has 1 saturated heterocycles. The van der Waals surface area contributed by atoms with Gasteiger partial charge in [0, 0.05) is 11.8 Å². The van der Waals surface area contributed by atoms with Gasteiger partial charge < -0.3 is 4.42 Å². The summed E-state index contributed by atoms with van der Waals surface area (Å²) in [7, 11) is 0. The Bertz CT molecular complexity index is 552. The first-order valence-corrected chi connectivity index (χ1v) is 7.57. The first kappa shape index (κ1) is 11.8. The summed E-state index contributed by atoms with van der Waals surface area (Å²) in [5, 5.41) is 0.952. The van der Waals surface area contributed by atoms with Crippen molar-refractivity contribution in [1.29, 1.82) is 0 Å². The average molecular weight is 260 g/mol. The number of rotatable bonds is 3. The van der Waals surface area contributed by atoms with Gasteiger partial charge in [-0.1, -0.05) is 18.2 Å². The van der Waals surface area contributed by atoms with Gasteiger partial charge in [-0.3, -0.25) is 4.79 Å². The van der Waals surface area contributed by atoms with Gasteiger partial charge in [0.15, 0.2) is 5.78 Å². The fourth-order valence-electron chi connectivity index (χ4n) is 2.52. The first-order chi connectivity index (χ1) is 8.84. The Labute approximate surface area is 111 Å². The second-order valence-corrected chi connectivity index (χ2v) is 6.05. The van der Waals surface area contributed by atoms with Gasteiger partial charge in [0.25, 0.3) is 0 Å². The molecule has 2 heterocycles. The lowest BCUT2D eigenvalue weighted by molar-refractivity contribution is 0.0959. The Hall–Kier alpha value is -1.22. The Morgan fingerprint density at radius 3 is 2.89 bits per heavy atom. The Balaban J connectivity index is 1.79. The summed E-state index contributed by atoms with van der Waals surface area (Å²) in [6.07, 6.45) is 4.63. The lowest BCUT2D eigenvalue weighted by atomic mass is 9.93. The summed E-state index contributed by atoms with van der Waals surface area (Å²) in [5.74, 6) is 3.19. The van der Waals surface area contributed by atoms with E-state index < -0.39 is 0 Å². The van der Waals surface area contributed by atoms with E-state index in [1.54, 1.807) is 6.26 Å². The van der Waals surface area contributed by atoms with E-state index in [2.05, 4.69) is 0 Å². The highest BCUT2D eigenvalue weighted by Crippen LogP contribution is 2.28. The van der Waals surface area contributed by atoms with Crippen molar-refractivity contribution in [2.75, 3.05) is 11.5 Å². The van der Waals surface area contributed by atoms with Crippen LogP contribution in [-0.2, 0) is 0 Å². The maximum Gasteiger partial charge on any atom is 0.167 e. The minimum Gasteiger partial charge on any atom is -0.464 e. The Kier molecular flexibility index (Phi) is 3.41. The van der Waals surface area contributed by atoms with Crippen LogP contribution < -0.4 is 0 Å². The molecular formula is C15H16O2S. The van der Waals surface area contributed by atoms with E-state index in [1.165, 1.54) is 24.3 Å². The zero-order valence-electron chi connectivity index (χ0n) is 10.2. The van der Waals surface area contributed by atoms with Gasteiger partial charge in [-0.25, -0.2) is 0 Å². The van der Waals surface area contributed by atoms with Crippen LogP contribution in [0.15, 0.2) is 34.9 Å². The predicted octanol–water partition coefficient (Wildman–Crippen LogP) is 4.15. The molecule has 1 aromatic carbocycles. The first-order valence-electron chi connectivity index (χ1n) is 6.42. The molecule has 3 rings (SSSR count). The van der Waals surface area contributed by atoms with E-state index in [9.17, 15) is 4.79 Å². The van der Waals surface area contributed by atoms with Gasteiger partial charge in [-0.15, -0.1) is 0 Å². The number of hydrogen-bond acceptors (Lipinski definition) is 3. The van der Waals surface area contributed by atoms with Crippen LogP contribution in [0.3, 0.4) is 0 Å². The molecule has 0 bridgehead atoms. The number of Topliss-reactive ketones (excluding diaryl/α,β-unsaturated/α-hetero) is 1. The lowest BCUT2D eigenvalue weighted by Gasteiger charge is -2.20. The van der Waals surface area contributed by atoms with Gasteiger partial charge in [0.1, 0.15) is 11.8 Å². The predicted molar refractivity (Wildman–Crippen MR) is 75.2 cm³/mol. The molecular weight excluding hydrogens is 244 g/mol. The zero-order valence-corrected chi connectivity index (χ0v) is 11.0. The molecule has 1 fully saturated rings. The van der Waals surface area contributed by atoms with Crippen LogP contribution in [0.25, 0.3) is 11.0 Å². The van der Waals surface area contributed by atoms with Crippen molar-refractivity contribution in [2.45, 2.75) is 19.3 Å². The molecule has 0 N–H and O–H groups in total. The van der Waals surface area contributed by atoms with Crippen LogP contribution in [0.1, 0.15) is 29.6 Å². The summed E-state index contributed by atoms with van der Waals surface area (Å²) in [5.41, 5.74) is 1.56. The normalized spacial score (nSPS) is 17.1. The highest BCUT2D eigenvalue weighted by Gasteiger charge is 2.20. The molecule has 0 aliphatic carbocycles. The minimum atomic E-state index is 0.233. The monoisotopic (exact) mass is 260 g/mol. The maximum absolute atomic E-state index is 12.3. The second-order valence-electron chi connectivity index (χ2n) is 4.83. The van der Waals surface area contributed by atoms with Crippen molar-refractivity contribution in [1.82, 2.24) is 0 Å². The Morgan fingerprint density at radius 2 is 2.06 bits per heavy atom. The van der Waals surface area contributed by atoms with Gasteiger partial charge in [-0.2, -0.15) is 11.8 Å². The third-order valence-corrected chi connectivity index (χ3v) is 4.65. The van der Waals surface area contributed by atoms with Crippen molar-refractivity contribution < 1.29 is 9.21 Å². The molecule has 0 atom stereocenters. The molecule has 1 aromatic heterocycles. The summed E-state index contributed by atoms with van der Waals surface area (Å²) < 4.78 is 5.43.